The number of alkyl carbamates (subject to hydrolysis) is 1. The maximum absolute atomic E-state index is 14.3. The van der Waals surface area contributed by atoms with Gasteiger partial charge in [-0.25, -0.2) is 9.59 Å². The number of nitrogens with one attached hydrogen (secondary N) is 8. The Labute approximate surface area is 468 Å². The molecular weight excluding hydrogens is 1040 g/mol. The van der Waals surface area contributed by atoms with Crippen LogP contribution >= 0.6 is 0 Å². The van der Waals surface area contributed by atoms with Crippen LogP contribution in [0.3, 0.4) is 0 Å². The highest BCUT2D eigenvalue weighted by molar-refractivity contribution is 5.97. The molecule has 0 saturated carbocycles. The molecule has 15 N–H and O–H groups in total. The van der Waals surface area contributed by atoms with E-state index in [0.717, 1.165) is 0 Å². The third kappa shape index (κ3) is 26.0. The molecule has 2 aromatic rings. The van der Waals surface area contributed by atoms with E-state index in [1.54, 1.807) is 105 Å². The van der Waals surface area contributed by atoms with Gasteiger partial charge in [-0.1, -0.05) is 91.8 Å². The van der Waals surface area contributed by atoms with Crippen LogP contribution in [-0.4, -0.2) is 159 Å². The Morgan fingerprint density at radius 1 is 0.688 bits per heavy atom. The number of hydrogen-bond acceptors (Lipinski definition) is 16. The molecule has 0 saturated heterocycles. The van der Waals surface area contributed by atoms with Gasteiger partial charge in [0.2, 0.25) is 41.4 Å². The molecule has 80 heavy (non-hydrogen) atoms. The van der Waals surface area contributed by atoms with Crippen molar-refractivity contribution in [3.05, 3.63) is 66.0 Å². The molecule has 26 nitrogen and oxygen atoms in total. The second-order valence-corrected chi connectivity index (χ2v) is 20.9. The Bertz CT molecular complexity index is 2330. The van der Waals surface area contributed by atoms with Gasteiger partial charge in [-0.15, -0.1) is 0 Å². The molecule has 0 spiro atoms. The lowest BCUT2D eigenvalue weighted by molar-refractivity contribution is -0.150. The number of pyridine rings is 1. The smallest absolute Gasteiger partial charge is 0.408 e. The summed E-state index contributed by atoms with van der Waals surface area (Å²) in [6.45, 7) is 14.5. The van der Waals surface area contributed by atoms with E-state index >= 15 is 0 Å². The van der Waals surface area contributed by atoms with Gasteiger partial charge < -0.3 is 78.8 Å². The second kappa shape index (κ2) is 35.2. The number of benzene rings is 1. The number of nitrogens with zero attached hydrogens (tertiary/aromatic N) is 2. The van der Waals surface area contributed by atoms with Crippen molar-refractivity contribution in [1.82, 2.24) is 47.5 Å². The normalized spacial score (nSPS) is 14.9. The van der Waals surface area contributed by atoms with Crippen molar-refractivity contribution in [3.63, 3.8) is 0 Å². The maximum atomic E-state index is 14.3. The van der Waals surface area contributed by atoms with Gasteiger partial charge in [0.25, 0.3) is 0 Å². The van der Waals surface area contributed by atoms with Crippen molar-refractivity contribution in [2.75, 3.05) is 19.7 Å². The van der Waals surface area contributed by atoms with Gasteiger partial charge in [0.05, 0.1) is 25.4 Å². The maximum Gasteiger partial charge on any atom is 0.408 e. The zero-order chi connectivity index (χ0) is 59.6. The Morgan fingerprint density at radius 2 is 1.26 bits per heavy atom. The molecule has 0 unspecified atom stereocenters. The largest absolute Gasteiger partial charge is 0.459 e. The molecule has 1 heterocycles. The van der Waals surface area contributed by atoms with Gasteiger partial charge in [0.15, 0.2) is 12.0 Å². The number of aliphatic imine (C=N–C) groups is 1. The standard InChI is InChI=1S/C53H84N12O14.CH4/c1-11-31(6)40(63-44(70)35(20-16-22-57-51(54)55)60-45(71)36(23-29(2)3)61-49(75)42(43(69)30(4)5)65-52(77)79-53(8,9)10)48(74)64-41(32(7)67)47(73)58-26-39(68)59-37(24-34-19-15-21-56-25-34)46(72)62-38(27-66)50(76)78-28-33-17-13-12-14-18-33;/h12-15,17-19,21,25,29-32,35-38,40-43,66-67,69H,11,16,20,22-24,26-28H2,1-10H3,(H,58,73)(H,59,68)(H,60,71)(H,61,75)(H,62,72)(H,63,70)(H,64,74)(H,65,77)(H4,54,55,57);1H4/t31-,32-,35+,36-,37-,38-,40-,41-,42-,43+;/m0./s1. The van der Waals surface area contributed by atoms with Crippen molar-refractivity contribution in [3.8, 4) is 0 Å². The van der Waals surface area contributed by atoms with Crippen LogP contribution in [0.5, 0.6) is 0 Å². The van der Waals surface area contributed by atoms with Crippen LogP contribution in [0.2, 0.25) is 0 Å². The lowest BCUT2D eigenvalue weighted by atomic mass is 9.96. The number of amides is 8. The van der Waals surface area contributed by atoms with Crippen molar-refractivity contribution in [2.45, 2.75) is 175 Å². The number of carbonyl (C=O) groups excluding carboxylic acids is 9. The fourth-order valence-electron chi connectivity index (χ4n) is 7.51. The molecule has 2 rings (SSSR count). The first-order chi connectivity index (χ1) is 37.1. The minimum atomic E-state index is -1.70. The lowest BCUT2D eigenvalue weighted by Crippen LogP contribution is -2.62. The van der Waals surface area contributed by atoms with E-state index in [0.29, 0.717) is 17.5 Å². The van der Waals surface area contributed by atoms with Gasteiger partial charge in [-0.3, -0.25) is 43.5 Å². The number of ether oxygens (including phenoxy) is 2. The molecule has 8 amide bonds. The quantitative estimate of drug-likeness (QED) is 0.0189. The van der Waals surface area contributed by atoms with Crippen LogP contribution in [0.1, 0.15) is 113 Å². The van der Waals surface area contributed by atoms with Crippen LogP contribution in [0, 0.1) is 17.8 Å². The van der Waals surface area contributed by atoms with Gasteiger partial charge >= 0.3 is 12.1 Å². The first-order valence-electron chi connectivity index (χ1n) is 26.3. The highest BCUT2D eigenvalue weighted by Gasteiger charge is 2.38. The summed E-state index contributed by atoms with van der Waals surface area (Å²) in [6.07, 6.45) is -0.775. The predicted octanol–water partition coefficient (Wildman–Crippen LogP) is -0.542. The number of aliphatic hydroxyl groups is 3. The first kappa shape index (κ1) is 70.6. The summed E-state index contributed by atoms with van der Waals surface area (Å²) in [5.41, 5.74) is 11.2. The van der Waals surface area contributed by atoms with E-state index in [2.05, 4.69) is 52.5 Å². The van der Waals surface area contributed by atoms with Gasteiger partial charge in [-0.2, -0.15) is 0 Å². The zero-order valence-electron chi connectivity index (χ0n) is 46.9. The molecule has 1 aromatic heterocycles. The van der Waals surface area contributed by atoms with Crippen molar-refractivity contribution in [1.29, 1.82) is 0 Å². The first-order valence-corrected chi connectivity index (χ1v) is 26.3. The zero-order valence-corrected chi connectivity index (χ0v) is 46.9. The summed E-state index contributed by atoms with van der Waals surface area (Å²) in [7, 11) is 0. The fourth-order valence-corrected chi connectivity index (χ4v) is 7.51. The Hall–Kier alpha value is -7.45. The highest BCUT2D eigenvalue weighted by Crippen LogP contribution is 2.15. The van der Waals surface area contributed by atoms with Crippen molar-refractivity contribution >= 4 is 59.4 Å². The van der Waals surface area contributed by atoms with E-state index in [-0.39, 0.29) is 58.1 Å². The fraction of sp³-hybridized carbons (Fsp3) is 0.611. The molecule has 1 aromatic carbocycles. The molecule has 0 bridgehead atoms. The summed E-state index contributed by atoms with van der Waals surface area (Å²) in [6, 6.07) is 1.70. The molecule has 0 aliphatic rings. The summed E-state index contributed by atoms with van der Waals surface area (Å²) < 4.78 is 10.6. The van der Waals surface area contributed by atoms with Crippen LogP contribution in [-0.2, 0) is 60.9 Å². The Balaban J connectivity index is 0.0000320. The van der Waals surface area contributed by atoms with Crippen molar-refractivity contribution < 1.29 is 67.9 Å². The topological polar surface area (TPSA) is 406 Å². The van der Waals surface area contributed by atoms with Crippen LogP contribution in [0.25, 0.3) is 0 Å². The van der Waals surface area contributed by atoms with E-state index < -0.39 is 139 Å². The molecular formula is C54H88N12O14. The number of aromatic nitrogens is 1. The molecule has 10 atom stereocenters. The van der Waals surface area contributed by atoms with Gasteiger partial charge in [0.1, 0.15) is 48.5 Å². The van der Waals surface area contributed by atoms with Crippen LogP contribution in [0.4, 0.5) is 4.79 Å². The van der Waals surface area contributed by atoms with E-state index in [4.69, 9.17) is 20.9 Å². The third-order valence-electron chi connectivity index (χ3n) is 12.0. The monoisotopic (exact) mass is 1130 g/mol. The predicted molar refractivity (Wildman–Crippen MR) is 297 cm³/mol. The number of guanidine groups is 1. The number of esters is 1. The number of hydrogen-bond donors (Lipinski definition) is 13. The molecule has 0 aliphatic heterocycles. The average Bonchev–Trinajstić information content (AvgIpc) is 3.38. The SMILES string of the molecule is C.CC[C@H](C)[C@H](NC(=O)[C@@H](CCCN=C(N)N)NC(=O)[C@H](CC(C)C)NC(=O)[C@@H](NC(=O)OC(C)(C)C)[C@H](O)C(C)C)C(=O)N[C@H](C(=O)NCC(=O)N[C@@H](Cc1cccnc1)C(=O)N[C@@H](CO)C(=O)OCc1ccccc1)[C@H](C)O. The van der Waals surface area contributed by atoms with Crippen LogP contribution in [0.15, 0.2) is 59.9 Å². The molecule has 26 heteroatoms. The summed E-state index contributed by atoms with van der Waals surface area (Å²) >= 11 is 0. The minimum absolute atomic E-state index is 0. The lowest BCUT2D eigenvalue weighted by Gasteiger charge is -2.31. The highest BCUT2D eigenvalue weighted by atomic mass is 16.6. The molecule has 0 radical (unpaired) electrons. The van der Waals surface area contributed by atoms with E-state index in [1.165, 1.54) is 19.3 Å². The van der Waals surface area contributed by atoms with Crippen LogP contribution < -0.4 is 54.0 Å². The van der Waals surface area contributed by atoms with Gasteiger partial charge in [0, 0.05) is 25.4 Å². The summed E-state index contributed by atoms with van der Waals surface area (Å²) in [5, 5.41) is 51.7. The average molecular weight is 1130 g/mol. The Morgan fingerprint density at radius 3 is 1.81 bits per heavy atom. The summed E-state index contributed by atoms with van der Waals surface area (Å²) in [4.78, 5) is 131. The van der Waals surface area contributed by atoms with E-state index in [9.17, 15) is 58.5 Å². The molecule has 0 aliphatic carbocycles. The Kier molecular flexibility index (Phi) is 31.1. The second-order valence-electron chi connectivity index (χ2n) is 20.9. The molecule has 448 valence electrons. The number of aliphatic hydroxyl groups excluding tert-OH is 3. The number of carbonyl (C=O) groups is 9. The third-order valence-corrected chi connectivity index (χ3v) is 12.0. The minimum Gasteiger partial charge on any atom is -0.459 e. The van der Waals surface area contributed by atoms with Crippen molar-refractivity contribution in [2.24, 2.45) is 34.2 Å². The van der Waals surface area contributed by atoms with E-state index in [1.807, 2.05) is 0 Å². The molecule has 0 fully saturated rings. The number of nitrogens with two attached hydrogens (primary N) is 2. The van der Waals surface area contributed by atoms with Gasteiger partial charge in [-0.05, 0) is 81.9 Å². The number of rotatable bonds is 32. The summed E-state index contributed by atoms with van der Waals surface area (Å²) in [5.74, 6) is -8.87.